The smallest absolute Gasteiger partial charge is 0.226 e. The van der Waals surface area contributed by atoms with E-state index in [4.69, 9.17) is 9.47 Å². The molecule has 4 bridgehead atoms. The maximum atomic E-state index is 13.5. The van der Waals surface area contributed by atoms with Crippen molar-refractivity contribution in [2.24, 2.45) is 17.3 Å². The van der Waals surface area contributed by atoms with Gasteiger partial charge in [-0.05, 0) is 85.5 Å². The molecule has 4 saturated carbocycles. The third-order valence-corrected chi connectivity index (χ3v) is 8.08. The van der Waals surface area contributed by atoms with Crippen LogP contribution >= 0.6 is 0 Å². The highest BCUT2D eigenvalue weighted by atomic mass is 16.5. The number of carbonyl (C=O) groups excluding carboxylic acids is 1. The highest BCUT2D eigenvalue weighted by molar-refractivity contribution is 5.83. The van der Waals surface area contributed by atoms with E-state index in [9.17, 15) is 4.79 Å². The molecule has 2 aromatic rings. The Labute approximate surface area is 185 Å². The summed E-state index contributed by atoms with van der Waals surface area (Å²) in [6.07, 6.45) is 7.77. The van der Waals surface area contributed by atoms with Crippen LogP contribution in [0.25, 0.3) is 0 Å². The first-order valence-electron chi connectivity index (χ1n) is 11.6. The summed E-state index contributed by atoms with van der Waals surface area (Å²) in [6, 6.07) is 17.0. The molecule has 0 aliphatic heterocycles. The van der Waals surface area contributed by atoms with E-state index in [-0.39, 0.29) is 16.7 Å². The van der Waals surface area contributed by atoms with Crippen LogP contribution in [-0.2, 0) is 16.6 Å². The first-order valence-corrected chi connectivity index (χ1v) is 11.6. The minimum Gasteiger partial charge on any atom is -0.493 e. The van der Waals surface area contributed by atoms with Crippen LogP contribution in [0.15, 0.2) is 48.5 Å². The number of nitrogens with one attached hydrogen (secondary N) is 1. The van der Waals surface area contributed by atoms with Gasteiger partial charge >= 0.3 is 0 Å². The van der Waals surface area contributed by atoms with Gasteiger partial charge in [-0.15, -0.1) is 0 Å². The molecular weight excluding hydrogens is 386 g/mol. The summed E-state index contributed by atoms with van der Waals surface area (Å²) >= 11 is 0. The minimum absolute atomic E-state index is 0.183. The zero-order valence-corrected chi connectivity index (χ0v) is 18.7. The summed E-state index contributed by atoms with van der Waals surface area (Å²) in [5.74, 6) is 3.13. The number of benzene rings is 2. The first kappa shape index (κ1) is 20.4. The maximum absolute atomic E-state index is 13.5. The number of rotatable bonds is 7. The third kappa shape index (κ3) is 3.60. The second kappa shape index (κ2) is 7.89. The monoisotopic (exact) mass is 419 g/mol. The van der Waals surface area contributed by atoms with Gasteiger partial charge in [-0.2, -0.15) is 0 Å². The zero-order valence-electron chi connectivity index (χ0n) is 18.7. The van der Waals surface area contributed by atoms with Crippen LogP contribution in [0.4, 0.5) is 0 Å². The largest absolute Gasteiger partial charge is 0.493 e. The van der Waals surface area contributed by atoms with Crippen molar-refractivity contribution in [2.45, 2.75) is 50.4 Å². The average Bonchev–Trinajstić information content (AvgIpc) is 2.78. The molecule has 4 fully saturated rings. The molecule has 31 heavy (non-hydrogen) atoms. The van der Waals surface area contributed by atoms with E-state index in [2.05, 4.69) is 35.6 Å². The fraction of sp³-hybridized carbons (Fsp3) is 0.519. The van der Waals surface area contributed by atoms with Crippen molar-refractivity contribution in [3.05, 3.63) is 59.7 Å². The highest BCUT2D eigenvalue weighted by Gasteiger charge is 2.60. The van der Waals surface area contributed by atoms with Crippen molar-refractivity contribution >= 4 is 5.91 Å². The molecule has 4 nitrogen and oxygen atoms in total. The second-order valence-electron chi connectivity index (χ2n) is 10.1. The molecule has 0 radical (unpaired) electrons. The van der Waals surface area contributed by atoms with Crippen LogP contribution in [0.5, 0.6) is 11.5 Å². The Hall–Kier alpha value is -2.49. The third-order valence-electron chi connectivity index (χ3n) is 8.08. The van der Waals surface area contributed by atoms with Gasteiger partial charge in [0.15, 0.2) is 11.5 Å². The second-order valence-corrected chi connectivity index (χ2v) is 10.1. The van der Waals surface area contributed by atoms with E-state index in [1.165, 1.54) is 24.8 Å². The van der Waals surface area contributed by atoms with E-state index in [0.29, 0.717) is 18.4 Å². The Kier molecular flexibility index (Phi) is 5.19. The molecule has 4 heteroatoms. The summed E-state index contributed by atoms with van der Waals surface area (Å²) in [4.78, 5) is 13.5. The predicted octanol–water partition coefficient (Wildman–Crippen LogP) is 4.90. The molecule has 0 heterocycles. The molecule has 0 aromatic heterocycles. The van der Waals surface area contributed by atoms with E-state index in [1.54, 1.807) is 14.2 Å². The Morgan fingerprint density at radius 2 is 1.68 bits per heavy atom. The fourth-order valence-corrected chi connectivity index (χ4v) is 7.20. The first-order chi connectivity index (χ1) is 15.1. The summed E-state index contributed by atoms with van der Waals surface area (Å²) in [5, 5.41) is 3.31. The minimum atomic E-state index is -0.183. The number of methoxy groups -OCH3 is 2. The van der Waals surface area contributed by atoms with Crippen molar-refractivity contribution in [2.75, 3.05) is 20.8 Å². The van der Waals surface area contributed by atoms with Gasteiger partial charge in [0, 0.05) is 6.54 Å². The lowest BCUT2D eigenvalue weighted by atomic mass is 9.42. The van der Waals surface area contributed by atoms with Crippen molar-refractivity contribution in [1.82, 2.24) is 5.32 Å². The Morgan fingerprint density at radius 3 is 2.35 bits per heavy atom. The van der Waals surface area contributed by atoms with Crippen LogP contribution < -0.4 is 14.8 Å². The average molecular weight is 420 g/mol. The van der Waals surface area contributed by atoms with Crippen molar-refractivity contribution in [3.8, 4) is 11.5 Å². The van der Waals surface area contributed by atoms with E-state index < -0.39 is 0 Å². The summed E-state index contributed by atoms with van der Waals surface area (Å²) in [5.41, 5.74) is 2.61. The van der Waals surface area contributed by atoms with Gasteiger partial charge in [0.05, 0.1) is 19.6 Å². The van der Waals surface area contributed by atoms with Crippen LogP contribution in [0.3, 0.4) is 0 Å². The molecule has 4 aliphatic carbocycles. The van der Waals surface area contributed by atoms with E-state index >= 15 is 0 Å². The quantitative estimate of drug-likeness (QED) is 0.694. The molecule has 1 amide bonds. The summed E-state index contributed by atoms with van der Waals surface area (Å²) in [7, 11) is 3.30. The van der Waals surface area contributed by atoms with Gasteiger partial charge in [-0.25, -0.2) is 0 Å². The van der Waals surface area contributed by atoms with Crippen LogP contribution in [0.2, 0.25) is 0 Å². The molecule has 2 unspecified atom stereocenters. The van der Waals surface area contributed by atoms with Gasteiger partial charge in [0.2, 0.25) is 5.91 Å². The van der Waals surface area contributed by atoms with Crippen LogP contribution in [0, 0.1) is 17.3 Å². The number of ether oxygens (including phenoxy) is 2. The lowest BCUT2D eigenvalue weighted by Gasteiger charge is -2.61. The van der Waals surface area contributed by atoms with Gasteiger partial charge < -0.3 is 14.8 Å². The predicted molar refractivity (Wildman–Crippen MR) is 121 cm³/mol. The normalized spacial score (nSPS) is 30.8. The Morgan fingerprint density at radius 1 is 0.968 bits per heavy atom. The number of hydrogen-bond acceptors (Lipinski definition) is 3. The molecule has 2 aromatic carbocycles. The Balaban J connectivity index is 1.28. The number of hydrogen-bond donors (Lipinski definition) is 1. The molecule has 0 spiro atoms. The zero-order chi connectivity index (χ0) is 21.5. The molecular formula is C27H33NO3. The van der Waals surface area contributed by atoms with Crippen LogP contribution in [0.1, 0.15) is 49.7 Å². The molecule has 0 saturated heterocycles. The van der Waals surface area contributed by atoms with Gasteiger partial charge in [0.25, 0.3) is 0 Å². The SMILES string of the molecule is COc1ccc(CCNC(=O)C23CC4CC(C2)CC(c2ccccc2)(C4)C3)cc1OC. The van der Waals surface area contributed by atoms with Gasteiger partial charge in [-0.3, -0.25) is 4.79 Å². The lowest BCUT2D eigenvalue weighted by Crippen LogP contribution is -2.59. The molecule has 4 aliphatic rings. The van der Waals surface area contributed by atoms with Crippen molar-refractivity contribution < 1.29 is 14.3 Å². The number of carbonyl (C=O) groups is 1. The van der Waals surface area contributed by atoms with Crippen LogP contribution in [-0.4, -0.2) is 26.7 Å². The molecule has 2 atom stereocenters. The standard InChI is InChI=1S/C27H33NO3/c1-30-23-9-8-19(13-24(23)31-2)10-11-28-25(29)27-16-20-12-21(17-27)15-26(14-20,18-27)22-6-4-3-5-7-22/h3-9,13,20-21H,10-12,14-18H2,1-2H3,(H,28,29). The maximum Gasteiger partial charge on any atom is 0.226 e. The summed E-state index contributed by atoms with van der Waals surface area (Å²) < 4.78 is 10.7. The highest BCUT2D eigenvalue weighted by Crippen LogP contribution is 2.65. The van der Waals surface area contributed by atoms with E-state index in [1.807, 2.05) is 18.2 Å². The molecule has 6 rings (SSSR count). The number of amides is 1. The summed E-state index contributed by atoms with van der Waals surface area (Å²) in [6.45, 7) is 0.656. The van der Waals surface area contributed by atoms with Gasteiger partial charge in [-0.1, -0.05) is 36.4 Å². The van der Waals surface area contributed by atoms with Crippen molar-refractivity contribution in [1.29, 1.82) is 0 Å². The lowest BCUT2D eigenvalue weighted by molar-refractivity contribution is -0.149. The fourth-order valence-electron chi connectivity index (χ4n) is 7.20. The molecule has 164 valence electrons. The van der Waals surface area contributed by atoms with Crippen molar-refractivity contribution in [3.63, 3.8) is 0 Å². The van der Waals surface area contributed by atoms with Gasteiger partial charge in [0.1, 0.15) is 0 Å². The topological polar surface area (TPSA) is 47.6 Å². The molecule has 1 N–H and O–H groups in total. The Bertz CT molecular complexity index is 940. The van der Waals surface area contributed by atoms with E-state index in [0.717, 1.165) is 42.7 Å².